The zero-order chi connectivity index (χ0) is 14.8. The van der Waals surface area contributed by atoms with Gasteiger partial charge in [-0.15, -0.1) is 0 Å². The second-order valence-corrected chi connectivity index (χ2v) is 6.10. The van der Waals surface area contributed by atoms with Gasteiger partial charge < -0.3 is 8.92 Å². The minimum Gasteiger partial charge on any atom is -0.495 e. The van der Waals surface area contributed by atoms with Crippen LogP contribution in [0.25, 0.3) is 0 Å². The molecular weight excluding hydrogens is 300 g/mol. The Morgan fingerprint density at radius 3 is 2.30 bits per heavy atom. The summed E-state index contributed by atoms with van der Waals surface area (Å²) in [5.41, 5.74) is 0.795. The molecule has 0 aliphatic rings. The highest BCUT2D eigenvalue weighted by atomic mass is 35.5. The number of ether oxygens (including phenoxy) is 1. The van der Waals surface area contributed by atoms with Gasteiger partial charge in [-0.2, -0.15) is 8.42 Å². The second kappa shape index (κ2) is 5.73. The Bertz CT molecular complexity index is 708. The summed E-state index contributed by atoms with van der Waals surface area (Å²) in [7, 11) is -2.55. The third-order valence-electron chi connectivity index (χ3n) is 2.61. The van der Waals surface area contributed by atoms with Crippen LogP contribution >= 0.6 is 11.6 Å². The zero-order valence-electron chi connectivity index (χ0n) is 11.0. The molecule has 0 spiro atoms. The summed E-state index contributed by atoms with van der Waals surface area (Å²) >= 11 is 5.74. The lowest BCUT2D eigenvalue weighted by Gasteiger charge is -2.11. The first kappa shape index (κ1) is 14.7. The number of methoxy groups -OCH3 is 1. The molecule has 20 heavy (non-hydrogen) atoms. The number of hydrogen-bond acceptors (Lipinski definition) is 4. The summed E-state index contributed by atoms with van der Waals surface area (Å²) in [6.45, 7) is 1.79. The molecule has 0 saturated heterocycles. The standard InChI is InChI=1S/C14H13ClO4S/c1-10-3-8-13(18-2)14(9-10)20(16,17)19-12-6-4-11(15)5-7-12/h3-9H,1-2H3. The Hall–Kier alpha value is -1.72. The summed E-state index contributed by atoms with van der Waals surface area (Å²) in [5, 5.41) is 0.503. The lowest BCUT2D eigenvalue weighted by Crippen LogP contribution is -2.11. The van der Waals surface area contributed by atoms with Crippen LogP contribution in [-0.2, 0) is 10.1 Å². The highest BCUT2D eigenvalue weighted by molar-refractivity contribution is 7.87. The van der Waals surface area contributed by atoms with Gasteiger partial charge in [0, 0.05) is 5.02 Å². The number of halogens is 1. The van der Waals surface area contributed by atoms with E-state index in [9.17, 15) is 8.42 Å². The molecule has 4 nitrogen and oxygen atoms in total. The van der Waals surface area contributed by atoms with Crippen molar-refractivity contribution >= 4 is 21.7 Å². The highest BCUT2D eigenvalue weighted by Gasteiger charge is 2.22. The monoisotopic (exact) mass is 312 g/mol. The van der Waals surface area contributed by atoms with E-state index in [0.29, 0.717) is 5.02 Å². The van der Waals surface area contributed by atoms with E-state index in [-0.39, 0.29) is 16.4 Å². The first-order valence-electron chi connectivity index (χ1n) is 5.77. The van der Waals surface area contributed by atoms with E-state index in [1.165, 1.54) is 25.3 Å². The smallest absolute Gasteiger partial charge is 0.342 e. The fourth-order valence-electron chi connectivity index (χ4n) is 1.64. The van der Waals surface area contributed by atoms with E-state index in [4.69, 9.17) is 20.5 Å². The lowest BCUT2D eigenvalue weighted by atomic mass is 10.2. The van der Waals surface area contributed by atoms with Crippen LogP contribution < -0.4 is 8.92 Å². The Morgan fingerprint density at radius 1 is 1.05 bits per heavy atom. The normalized spacial score (nSPS) is 11.2. The van der Waals surface area contributed by atoms with Gasteiger partial charge in [0.1, 0.15) is 16.4 Å². The van der Waals surface area contributed by atoms with Crippen molar-refractivity contribution in [3.63, 3.8) is 0 Å². The van der Waals surface area contributed by atoms with Gasteiger partial charge in [-0.1, -0.05) is 17.7 Å². The molecule has 0 amide bonds. The number of rotatable bonds is 4. The number of hydrogen-bond donors (Lipinski definition) is 0. The SMILES string of the molecule is COc1ccc(C)cc1S(=O)(=O)Oc1ccc(Cl)cc1. The molecule has 0 saturated carbocycles. The minimum atomic E-state index is -3.96. The van der Waals surface area contributed by atoms with E-state index in [0.717, 1.165) is 5.56 Å². The molecule has 2 rings (SSSR count). The highest BCUT2D eigenvalue weighted by Crippen LogP contribution is 2.28. The largest absolute Gasteiger partial charge is 0.495 e. The van der Waals surface area contributed by atoms with Crippen molar-refractivity contribution in [2.75, 3.05) is 7.11 Å². The molecule has 0 unspecified atom stereocenters. The summed E-state index contributed by atoms with van der Waals surface area (Å²) in [6.07, 6.45) is 0. The van der Waals surface area contributed by atoms with Crippen LogP contribution in [0.3, 0.4) is 0 Å². The van der Waals surface area contributed by atoms with Crippen molar-refractivity contribution in [3.05, 3.63) is 53.1 Å². The average Bonchev–Trinajstić information content (AvgIpc) is 2.41. The predicted octanol–water partition coefficient (Wildman–Crippen LogP) is 3.42. The zero-order valence-corrected chi connectivity index (χ0v) is 12.5. The molecule has 0 bridgehead atoms. The van der Waals surface area contributed by atoms with E-state index in [1.807, 2.05) is 0 Å². The molecule has 0 aliphatic heterocycles. The number of benzene rings is 2. The van der Waals surface area contributed by atoms with Crippen molar-refractivity contribution in [1.29, 1.82) is 0 Å². The molecule has 0 aromatic heterocycles. The summed E-state index contributed by atoms with van der Waals surface area (Å²) in [4.78, 5) is -0.00468. The number of aryl methyl sites for hydroxylation is 1. The fraction of sp³-hybridized carbons (Fsp3) is 0.143. The maximum atomic E-state index is 12.3. The van der Waals surface area contributed by atoms with Crippen molar-refractivity contribution in [1.82, 2.24) is 0 Å². The molecule has 2 aromatic carbocycles. The van der Waals surface area contributed by atoms with Crippen molar-refractivity contribution in [2.45, 2.75) is 11.8 Å². The van der Waals surface area contributed by atoms with Crippen molar-refractivity contribution in [3.8, 4) is 11.5 Å². The Labute approximate surface area is 123 Å². The molecule has 0 fully saturated rings. The van der Waals surface area contributed by atoms with Gasteiger partial charge in [0.2, 0.25) is 0 Å². The van der Waals surface area contributed by atoms with E-state index >= 15 is 0 Å². The van der Waals surface area contributed by atoms with Gasteiger partial charge in [0.15, 0.2) is 0 Å². The van der Waals surface area contributed by atoms with Gasteiger partial charge in [-0.3, -0.25) is 0 Å². The maximum Gasteiger partial charge on any atom is 0.342 e. The molecule has 106 valence electrons. The average molecular weight is 313 g/mol. The molecule has 0 radical (unpaired) electrons. The van der Waals surface area contributed by atoms with Crippen molar-refractivity contribution in [2.24, 2.45) is 0 Å². The molecule has 2 aromatic rings. The van der Waals surface area contributed by atoms with E-state index in [1.54, 1.807) is 31.2 Å². The molecule has 0 heterocycles. The third-order valence-corrected chi connectivity index (χ3v) is 4.13. The molecule has 0 atom stereocenters. The first-order chi connectivity index (χ1) is 9.42. The fourth-order valence-corrected chi connectivity index (χ4v) is 2.95. The van der Waals surface area contributed by atoms with Crippen LogP contribution in [0, 0.1) is 6.92 Å². The van der Waals surface area contributed by atoms with Gasteiger partial charge in [0.05, 0.1) is 7.11 Å². The van der Waals surface area contributed by atoms with E-state index < -0.39 is 10.1 Å². The van der Waals surface area contributed by atoms with Crippen LogP contribution in [0.2, 0.25) is 5.02 Å². The quantitative estimate of drug-likeness (QED) is 0.812. The Balaban J connectivity index is 2.40. The van der Waals surface area contributed by atoms with Crippen LogP contribution in [0.4, 0.5) is 0 Å². The molecular formula is C14H13ClO4S. The van der Waals surface area contributed by atoms with Crippen LogP contribution in [0.1, 0.15) is 5.56 Å². The molecule has 0 N–H and O–H groups in total. The van der Waals surface area contributed by atoms with Gasteiger partial charge in [0.25, 0.3) is 0 Å². The molecule has 0 aliphatic carbocycles. The Kier molecular flexibility index (Phi) is 4.20. The molecule has 6 heteroatoms. The third kappa shape index (κ3) is 3.23. The maximum absolute atomic E-state index is 12.3. The topological polar surface area (TPSA) is 52.6 Å². The van der Waals surface area contributed by atoms with Crippen LogP contribution in [0.15, 0.2) is 47.4 Å². The second-order valence-electron chi connectivity index (χ2n) is 4.15. The van der Waals surface area contributed by atoms with Crippen LogP contribution in [-0.4, -0.2) is 15.5 Å². The minimum absolute atomic E-state index is 0.00468. The predicted molar refractivity (Wildman–Crippen MR) is 77.0 cm³/mol. The van der Waals surface area contributed by atoms with Crippen molar-refractivity contribution < 1.29 is 17.3 Å². The lowest BCUT2D eigenvalue weighted by molar-refractivity contribution is 0.398. The van der Waals surface area contributed by atoms with Gasteiger partial charge >= 0.3 is 10.1 Å². The van der Waals surface area contributed by atoms with E-state index in [2.05, 4.69) is 0 Å². The van der Waals surface area contributed by atoms with Gasteiger partial charge in [-0.25, -0.2) is 0 Å². The van der Waals surface area contributed by atoms with Gasteiger partial charge in [-0.05, 0) is 48.9 Å². The summed E-state index contributed by atoms with van der Waals surface area (Å²) in [6, 6.07) is 10.9. The summed E-state index contributed by atoms with van der Waals surface area (Å²) < 4.78 is 34.7. The summed E-state index contributed by atoms with van der Waals surface area (Å²) in [5.74, 6) is 0.433. The first-order valence-corrected chi connectivity index (χ1v) is 7.56. The van der Waals surface area contributed by atoms with Crippen LogP contribution in [0.5, 0.6) is 11.5 Å². The Morgan fingerprint density at radius 2 is 1.70 bits per heavy atom.